The lowest BCUT2D eigenvalue weighted by molar-refractivity contribution is -0.387. The lowest BCUT2D eigenvalue weighted by Gasteiger charge is -2.33. The average Bonchev–Trinajstić information content (AvgIpc) is 2.75. The summed E-state index contributed by atoms with van der Waals surface area (Å²) < 4.78 is 5.14. The van der Waals surface area contributed by atoms with Gasteiger partial charge in [-0.2, -0.15) is 0 Å². The van der Waals surface area contributed by atoms with E-state index in [2.05, 4.69) is 6.07 Å². The fraction of sp³-hybridized carbons (Fsp3) is 0.333. The van der Waals surface area contributed by atoms with Gasteiger partial charge in [-0.15, -0.1) is 11.8 Å². The summed E-state index contributed by atoms with van der Waals surface area (Å²) in [6.07, 6.45) is 4.56. The Bertz CT molecular complexity index is 946. The molecular formula is C21H22N2O5S. The van der Waals surface area contributed by atoms with Gasteiger partial charge in [-0.3, -0.25) is 14.9 Å². The van der Waals surface area contributed by atoms with Crippen molar-refractivity contribution in [2.45, 2.75) is 30.2 Å². The van der Waals surface area contributed by atoms with Gasteiger partial charge in [0.1, 0.15) is 0 Å². The van der Waals surface area contributed by atoms with Gasteiger partial charge < -0.3 is 9.64 Å². The van der Waals surface area contributed by atoms with Crippen LogP contribution in [0.3, 0.4) is 0 Å². The summed E-state index contributed by atoms with van der Waals surface area (Å²) in [5, 5.41) is 11.2. The van der Waals surface area contributed by atoms with Crippen LogP contribution in [0.2, 0.25) is 0 Å². The number of nitrogens with zero attached hydrogens (tertiary/aromatic N) is 2. The minimum Gasteiger partial charge on any atom is -0.452 e. The van der Waals surface area contributed by atoms with E-state index in [4.69, 9.17) is 4.74 Å². The number of amides is 1. The molecule has 1 amide bonds. The molecule has 1 aliphatic rings. The van der Waals surface area contributed by atoms with Crippen LogP contribution in [0.25, 0.3) is 0 Å². The first-order chi connectivity index (χ1) is 13.9. The third-order valence-electron chi connectivity index (χ3n) is 5.14. The van der Waals surface area contributed by atoms with Gasteiger partial charge in [0.15, 0.2) is 6.61 Å². The molecule has 2 aromatic carbocycles. The van der Waals surface area contributed by atoms with Crippen LogP contribution < -0.4 is 0 Å². The Balaban J connectivity index is 1.66. The monoisotopic (exact) mass is 414 g/mol. The summed E-state index contributed by atoms with van der Waals surface area (Å²) in [6, 6.07) is 12.2. The number of thioether (sulfide) groups is 1. The van der Waals surface area contributed by atoms with E-state index >= 15 is 0 Å². The molecule has 0 saturated heterocycles. The van der Waals surface area contributed by atoms with Crippen molar-refractivity contribution in [2.75, 3.05) is 19.9 Å². The number of carbonyl (C=O) groups excluding carboxylic acids is 2. The maximum Gasteiger partial charge on any atom is 0.338 e. The summed E-state index contributed by atoms with van der Waals surface area (Å²) in [5.41, 5.74) is 2.26. The molecule has 0 spiro atoms. The number of fused-ring (bicyclic) bond motifs is 1. The Morgan fingerprint density at radius 3 is 2.76 bits per heavy atom. The van der Waals surface area contributed by atoms with Crippen LogP contribution in [0.1, 0.15) is 40.4 Å². The van der Waals surface area contributed by atoms with Gasteiger partial charge in [0.25, 0.3) is 11.6 Å². The Kier molecular flexibility index (Phi) is 6.53. The fourth-order valence-corrected chi connectivity index (χ4v) is 4.12. The molecule has 0 aliphatic heterocycles. The first-order valence-corrected chi connectivity index (χ1v) is 10.5. The van der Waals surface area contributed by atoms with Gasteiger partial charge in [-0.25, -0.2) is 4.79 Å². The zero-order valence-electron chi connectivity index (χ0n) is 16.3. The number of ether oxygens (including phenoxy) is 1. The molecule has 0 radical (unpaired) electrons. The molecule has 0 aromatic heterocycles. The molecule has 152 valence electrons. The highest BCUT2D eigenvalue weighted by atomic mass is 32.2. The number of nitro groups is 1. The molecule has 0 bridgehead atoms. The van der Waals surface area contributed by atoms with Crippen LogP contribution >= 0.6 is 11.8 Å². The number of aryl methyl sites for hydroxylation is 1. The maximum absolute atomic E-state index is 12.6. The van der Waals surface area contributed by atoms with Crippen LogP contribution in [0.15, 0.2) is 47.4 Å². The van der Waals surface area contributed by atoms with Crippen molar-refractivity contribution < 1.29 is 19.2 Å². The lowest BCUT2D eigenvalue weighted by Crippen LogP contribution is -2.36. The number of hydrogen-bond acceptors (Lipinski definition) is 6. The third-order valence-corrected chi connectivity index (χ3v) is 5.92. The van der Waals surface area contributed by atoms with E-state index in [1.807, 2.05) is 18.2 Å². The second-order valence-corrected chi connectivity index (χ2v) is 7.68. The number of carbonyl (C=O) groups is 2. The van der Waals surface area contributed by atoms with Crippen LogP contribution in [0.4, 0.5) is 5.69 Å². The maximum atomic E-state index is 12.6. The predicted molar refractivity (Wildman–Crippen MR) is 110 cm³/mol. The van der Waals surface area contributed by atoms with Crippen molar-refractivity contribution >= 4 is 29.3 Å². The normalized spacial score (nSPS) is 15.3. The molecule has 2 aromatic rings. The molecule has 29 heavy (non-hydrogen) atoms. The molecule has 3 rings (SSSR count). The predicted octanol–water partition coefficient (Wildman–Crippen LogP) is 4.01. The highest BCUT2D eigenvalue weighted by Gasteiger charge is 2.27. The van der Waals surface area contributed by atoms with E-state index in [1.165, 1.54) is 35.5 Å². The first kappa shape index (κ1) is 20.9. The van der Waals surface area contributed by atoms with Crippen molar-refractivity contribution in [3.63, 3.8) is 0 Å². The second-order valence-electron chi connectivity index (χ2n) is 6.83. The molecule has 7 nitrogen and oxygen atoms in total. The number of rotatable bonds is 6. The SMILES string of the molecule is CSc1ccc(C(=O)OCC(=O)N(C)[C@@H]2CCCc3ccccc32)cc1[N+](=O)[O-]. The van der Waals surface area contributed by atoms with Gasteiger partial charge in [0.05, 0.1) is 21.4 Å². The number of hydrogen-bond donors (Lipinski definition) is 0. The summed E-state index contributed by atoms with van der Waals surface area (Å²) in [4.78, 5) is 37.6. The molecular weight excluding hydrogens is 392 g/mol. The Morgan fingerprint density at radius 2 is 2.03 bits per heavy atom. The zero-order valence-corrected chi connectivity index (χ0v) is 17.1. The van der Waals surface area contributed by atoms with Crippen molar-refractivity contribution in [1.29, 1.82) is 0 Å². The number of benzene rings is 2. The summed E-state index contributed by atoms with van der Waals surface area (Å²) in [7, 11) is 1.71. The largest absolute Gasteiger partial charge is 0.452 e. The van der Waals surface area contributed by atoms with Gasteiger partial charge in [0, 0.05) is 13.1 Å². The Labute approximate surface area is 173 Å². The van der Waals surface area contributed by atoms with Gasteiger partial charge in [-0.1, -0.05) is 24.3 Å². The van der Waals surface area contributed by atoms with Gasteiger partial charge in [0.2, 0.25) is 0 Å². The minimum absolute atomic E-state index is 0.0481. The minimum atomic E-state index is -0.758. The highest BCUT2D eigenvalue weighted by molar-refractivity contribution is 7.98. The number of nitro benzene ring substituents is 1. The Morgan fingerprint density at radius 1 is 1.28 bits per heavy atom. The summed E-state index contributed by atoms with van der Waals surface area (Å²) in [6.45, 7) is -0.411. The van der Waals surface area contributed by atoms with E-state index in [-0.39, 0.29) is 23.2 Å². The van der Waals surface area contributed by atoms with Crippen molar-refractivity contribution in [2.24, 2.45) is 0 Å². The highest BCUT2D eigenvalue weighted by Crippen LogP contribution is 2.33. The molecule has 1 aliphatic carbocycles. The van der Waals surface area contributed by atoms with Crippen LogP contribution in [-0.4, -0.2) is 41.6 Å². The van der Waals surface area contributed by atoms with Crippen molar-refractivity contribution in [3.8, 4) is 0 Å². The third kappa shape index (κ3) is 4.59. The van der Waals surface area contributed by atoms with Gasteiger partial charge in [-0.05, 0) is 48.8 Å². The van der Waals surface area contributed by atoms with Crippen molar-refractivity contribution in [3.05, 3.63) is 69.3 Å². The van der Waals surface area contributed by atoms with E-state index in [0.29, 0.717) is 4.90 Å². The van der Waals surface area contributed by atoms with Crippen LogP contribution in [0.5, 0.6) is 0 Å². The molecule has 0 N–H and O–H groups in total. The van der Waals surface area contributed by atoms with E-state index in [0.717, 1.165) is 24.8 Å². The fourth-order valence-electron chi connectivity index (χ4n) is 3.58. The first-order valence-electron chi connectivity index (χ1n) is 9.25. The van der Waals surface area contributed by atoms with Gasteiger partial charge >= 0.3 is 5.97 Å². The molecule has 0 saturated carbocycles. The topological polar surface area (TPSA) is 89.8 Å². The van der Waals surface area contributed by atoms with Crippen LogP contribution in [-0.2, 0) is 16.0 Å². The van der Waals surface area contributed by atoms with E-state index in [9.17, 15) is 19.7 Å². The summed E-state index contributed by atoms with van der Waals surface area (Å²) in [5.74, 6) is -1.07. The number of likely N-dealkylation sites (N-methyl/N-ethyl adjacent to an activating group) is 1. The second kappa shape index (κ2) is 9.09. The van der Waals surface area contributed by atoms with E-state index < -0.39 is 17.5 Å². The average molecular weight is 414 g/mol. The molecule has 0 fully saturated rings. The standard InChI is InChI=1S/C21H22N2O5S/c1-22(17-9-5-7-14-6-3-4-8-16(14)17)20(24)13-28-21(25)15-10-11-19(29-2)18(12-15)23(26)27/h3-4,6,8,10-12,17H,5,7,9,13H2,1-2H3/t17-/m1/s1. The number of esters is 1. The molecule has 8 heteroatoms. The molecule has 0 heterocycles. The molecule has 0 unspecified atom stereocenters. The lowest BCUT2D eigenvalue weighted by atomic mass is 9.87. The molecule has 1 atom stereocenters. The quantitative estimate of drug-likeness (QED) is 0.307. The Hall–Kier alpha value is -2.87. The van der Waals surface area contributed by atoms with Crippen LogP contribution in [0, 0.1) is 10.1 Å². The van der Waals surface area contributed by atoms with E-state index in [1.54, 1.807) is 18.2 Å². The summed E-state index contributed by atoms with van der Waals surface area (Å²) >= 11 is 1.22. The smallest absolute Gasteiger partial charge is 0.338 e. The van der Waals surface area contributed by atoms with Crippen molar-refractivity contribution in [1.82, 2.24) is 4.90 Å². The zero-order chi connectivity index (χ0) is 21.0.